The summed E-state index contributed by atoms with van der Waals surface area (Å²) in [5.74, 6) is 2.45. The topological polar surface area (TPSA) is 79.8 Å². The number of aliphatic imine (C=N–C) groups is 1. The van der Waals surface area contributed by atoms with E-state index in [0.29, 0.717) is 31.4 Å². The van der Waals surface area contributed by atoms with E-state index in [4.69, 9.17) is 4.74 Å². The molecule has 1 aromatic carbocycles. The van der Waals surface area contributed by atoms with Gasteiger partial charge in [0.15, 0.2) is 15.8 Å². The van der Waals surface area contributed by atoms with E-state index in [1.165, 1.54) is 0 Å². The van der Waals surface area contributed by atoms with Crippen molar-refractivity contribution in [2.75, 3.05) is 24.7 Å². The maximum Gasteiger partial charge on any atom is 0.191 e. The van der Waals surface area contributed by atoms with Crippen LogP contribution in [0.25, 0.3) is 0 Å². The average Bonchev–Trinajstić information content (AvgIpc) is 2.90. The molecule has 8 heteroatoms. The van der Waals surface area contributed by atoms with Gasteiger partial charge in [0, 0.05) is 12.6 Å². The van der Waals surface area contributed by atoms with E-state index in [1.54, 1.807) is 0 Å². The minimum Gasteiger partial charge on any atom is -0.493 e. The van der Waals surface area contributed by atoms with Gasteiger partial charge in [-0.05, 0) is 37.0 Å². The second kappa shape index (κ2) is 11.0. The summed E-state index contributed by atoms with van der Waals surface area (Å²) in [5, 5.41) is 6.39. The highest BCUT2D eigenvalue weighted by Crippen LogP contribution is 2.14. The first kappa shape index (κ1) is 23.0. The summed E-state index contributed by atoms with van der Waals surface area (Å²) in [5.41, 5.74) is 1.08. The van der Waals surface area contributed by atoms with Crippen molar-refractivity contribution in [3.63, 3.8) is 0 Å². The molecule has 0 amide bonds. The van der Waals surface area contributed by atoms with Crippen LogP contribution >= 0.6 is 24.0 Å². The minimum absolute atomic E-state index is 0. The molecule has 1 atom stereocenters. The zero-order valence-corrected chi connectivity index (χ0v) is 18.8. The molecule has 1 saturated heterocycles. The van der Waals surface area contributed by atoms with Gasteiger partial charge in [-0.25, -0.2) is 13.4 Å². The summed E-state index contributed by atoms with van der Waals surface area (Å²) in [4.78, 5) is 4.56. The van der Waals surface area contributed by atoms with Crippen LogP contribution in [0.4, 0.5) is 0 Å². The van der Waals surface area contributed by atoms with Gasteiger partial charge in [0.25, 0.3) is 0 Å². The van der Waals surface area contributed by atoms with E-state index < -0.39 is 9.84 Å². The molecule has 1 heterocycles. The third-order valence-corrected chi connectivity index (χ3v) is 5.61. The van der Waals surface area contributed by atoms with Crippen LogP contribution in [0.1, 0.15) is 32.8 Å². The van der Waals surface area contributed by atoms with Crippen LogP contribution in [-0.2, 0) is 16.4 Å². The van der Waals surface area contributed by atoms with Crippen molar-refractivity contribution in [2.45, 2.75) is 39.8 Å². The highest BCUT2D eigenvalue weighted by molar-refractivity contribution is 14.0. The minimum atomic E-state index is -2.90. The average molecular weight is 495 g/mol. The first-order valence-electron chi connectivity index (χ1n) is 8.85. The first-order chi connectivity index (χ1) is 11.9. The summed E-state index contributed by atoms with van der Waals surface area (Å²) < 4.78 is 28.8. The third-order valence-electron chi connectivity index (χ3n) is 3.84. The monoisotopic (exact) mass is 495 g/mol. The van der Waals surface area contributed by atoms with Gasteiger partial charge in [-0.1, -0.05) is 26.0 Å². The van der Waals surface area contributed by atoms with Crippen molar-refractivity contribution in [2.24, 2.45) is 10.9 Å². The summed E-state index contributed by atoms with van der Waals surface area (Å²) in [7, 11) is -2.90. The molecule has 148 valence electrons. The van der Waals surface area contributed by atoms with Crippen LogP contribution in [0.5, 0.6) is 5.75 Å². The number of hydrogen-bond donors (Lipinski definition) is 2. The van der Waals surface area contributed by atoms with Gasteiger partial charge in [0.05, 0.1) is 24.7 Å². The number of nitrogens with zero attached hydrogens (tertiary/aromatic N) is 1. The zero-order chi connectivity index (χ0) is 18.3. The fourth-order valence-electron chi connectivity index (χ4n) is 2.55. The molecule has 1 aromatic rings. The number of sulfone groups is 1. The highest BCUT2D eigenvalue weighted by atomic mass is 127. The quantitative estimate of drug-likeness (QED) is 0.346. The van der Waals surface area contributed by atoms with E-state index >= 15 is 0 Å². The molecule has 6 nitrogen and oxygen atoms in total. The summed E-state index contributed by atoms with van der Waals surface area (Å²) in [6.45, 7) is 8.19. The van der Waals surface area contributed by atoms with Crippen molar-refractivity contribution < 1.29 is 13.2 Å². The molecular weight excluding hydrogens is 465 g/mol. The van der Waals surface area contributed by atoms with Crippen LogP contribution < -0.4 is 15.4 Å². The summed E-state index contributed by atoms with van der Waals surface area (Å²) in [6, 6.07) is 7.86. The second-order valence-corrected chi connectivity index (χ2v) is 9.02. The fraction of sp³-hybridized carbons (Fsp3) is 0.611. The van der Waals surface area contributed by atoms with E-state index in [9.17, 15) is 8.42 Å². The number of halogens is 1. The Morgan fingerprint density at radius 3 is 2.54 bits per heavy atom. The lowest BCUT2D eigenvalue weighted by atomic mass is 10.2. The van der Waals surface area contributed by atoms with E-state index in [1.807, 2.05) is 31.2 Å². The number of ether oxygens (including phenoxy) is 1. The Labute approximate surface area is 174 Å². The third kappa shape index (κ3) is 8.11. The van der Waals surface area contributed by atoms with Crippen molar-refractivity contribution in [3.8, 4) is 5.75 Å². The second-order valence-electron chi connectivity index (χ2n) is 6.79. The molecule has 1 aliphatic rings. The molecule has 2 N–H and O–H groups in total. The van der Waals surface area contributed by atoms with Crippen molar-refractivity contribution in [3.05, 3.63) is 29.8 Å². The van der Waals surface area contributed by atoms with Crippen molar-refractivity contribution in [1.29, 1.82) is 0 Å². The molecule has 2 rings (SSSR count). The number of nitrogens with one attached hydrogen (secondary N) is 2. The van der Waals surface area contributed by atoms with E-state index in [2.05, 4.69) is 29.5 Å². The Morgan fingerprint density at radius 1 is 1.31 bits per heavy atom. The lowest BCUT2D eigenvalue weighted by molar-refractivity contribution is 0.271. The summed E-state index contributed by atoms with van der Waals surface area (Å²) >= 11 is 0. The maximum absolute atomic E-state index is 11.6. The fourth-order valence-corrected chi connectivity index (χ4v) is 4.22. The smallest absolute Gasteiger partial charge is 0.191 e. The Hall–Kier alpha value is -1.03. The Bertz CT molecular complexity index is 675. The summed E-state index contributed by atoms with van der Waals surface area (Å²) in [6.07, 6.45) is 0.634. The van der Waals surface area contributed by atoms with Crippen molar-refractivity contribution in [1.82, 2.24) is 10.6 Å². The Kier molecular flexibility index (Phi) is 9.70. The van der Waals surface area contributed by atoms with Gasteiger partial charge in [-0.2, -0.15) is 0 Å². The van der Waals surface area contributed by atoms with Crippen molar-refractivity contribution >= 4 is 39.8 Å². The molecule has 0 aromatic heterocycles. The van der Waals surface area contributed by atoms with Crippen LogP contribution in [0, 0.1) is 5.92 Å². The molecule has 0 bridgehead atoms. The molecular formula is C18H30IN3O3S. The first-order valence-corrected chi connectivity index (χ1v) is 10.7. The highest BCUT2D eigenvalue weighted by Gasteiger charge is 2.28. The molecule has 26 heavy (non-hydrogen) atoms. The van der Waals surface area contributed by atoms with Gasteiger partial charge >= 0.3 is 0 Å². The van der Waals surface area contributed by atoms with Crippen LogP contribution in [0.3, 0.4) is 0 Å². The van der Waals surface area contributed by atoms with Crippen LogP contribution in [0.15, 0.2) is 29.3 Å². The molecule has 1 fully saturated rings. The Morgan fingerprint density at radius 2 is 2.00 bits per heavy atom. The van der Waals surface area contributed by atoms with Gasteiger partial charge in [-0.3, -0.25) is 0 Å². The largest absolute Gasteiger partial charge is 0.493 e. The number of benzene rings is 1. The number of guanidine groups is 1. The van der Waals surface area contributed by atoms with Gasteiger partial charge in [0.2, 0.25) is 0 Å². The van der Waals surface area contributed by atoms with Crippen LogP contribution in [0.2, 0.25) is 0 Å². The van der Waals surface area contributed by atoms with Gasteiger partial charge in [-0.15, -0.1) is 24.0 Å². The SMILES string of the molecule is CCNC(=NCc1ccc(OCC(C)C)cc1)NC1CCS(=O)(=O)C1.I. The number of hydrogen-bond acceptors (Lipinski definition) is 4. The van der Waals surface area contributed by atoms with Gasteiger partial charge in [0.1, 0.15) is 5.75 Å². The molecule has 1 aliphatic heterocycles. The predicted molar refractivity (Wildman–Crippen MR) is 117 cm³/mol. The van der Waals surface area contributed by atoms with E-state index in [-0.39, 0.29) is 41.5 Å². The normalized spacial score (nSPS) is 19.1. The zero-order valence-electron chi connectivity index (χ0n) is 15.7. The van der Waals surface area contributed by atoms with Gasteiger partial charge < -0.3 is 15.4 Å². The molecule has 0 spiro atoms. The Balaban J connectivity index is 0.00000338. The number of rotatable bonds is 7. The van der Waals surface area contributed by atoms with Crippen LogP contribution in [-0.4, -0.2) is 45.1 Å². The molecule has 0 saturated carbocycles. The molecule has 0 aliphatic carbocycles. The molecule has 1 unspecified atom stereocenters. The maximum atomic E-state index is 11.6. The lowest BCUT2D eigenvalue weighted by Gasteiger charge is -2.15. The standard InChI is InChI=1S/C18H29N3O3S.HI/c1-4-19-18(21-16-9-10-25(22,23)13-16)20-11-15-5-7-17(8-6-15)24-12-14(2)3;/h5-8,14,16H,4,9-13H2,1-3H3,(H2,19,20,21);1H. The molecule has 0 radical (unpaired) electrons. The van der Waals surface area contributed by atoms with E-state index in [0.717, 1.165) is 17.9 Å². The lowest BCUT2D eigenvalue weighted by Crippen LogP contribution is -2.44. The predicted octanol–water partition coefficient (Wildman–Crippen LogP) is 2.58.